The van der Waals surface area contributed by atoms with Crippen molar-refractivity contribution in [3.8, 4) is 0 Å². The molecule has 0 saturated heterocycles. The Morgan fingerprint density at radius 3 is 2.55 bits per heavy atom. The van der Waals surface area contributed by atoms with Crippen LogP contribution in [0.3, 0.4) is 0 Å². The number of rotatable bonds is 3. The van der Waals surface area contributed by atoms with Crippen molar-refractivity contribution in [2.75, 3.05) is 0 Å². The Hall–Kier alpha value is -2.09. The minimum atomic E-state index is -4.48. The van der Waals surface area contributed by atoms with E-state index in [-0.39, 0.29) is 12.1 Å². The predicted octanol–water partition coefficient (Wildman–Crippen LogP) is 1.30. The fourth-order valence-electron chi connectivity index (χ4n) is 1.91. The first-order valence-electron chi connectivity index (χ1n) is 5.81. The Kier molecular flexibility index (Phi) is 3.67. The molecule has 5 nitrogen and oxygen atoms in total. The maximum Gasteiger partial charge on any atom is 0.416 e. The third-order valence-electron chi connectivity index (χ3n) is 2.92. The van der Waals surface area contributed by atoms with E-state index in [9.17, 15) is 18.0 Å². The van der Waals surface area contributed by atoms with Crippen molar-refractivity contribution < 1.29 is 13.2 Å². The first-order valence-corrected chi connectivity index (χ1v) is 5.81. The Balaban J connectivity index is 2.33. The van der Waals surface area contributed by atoms with Crippen LogP contribution >= 0.6 is 0 Å². The minimum absolute atomic E-state index is 0.0578. The molecule has 2 aromatic rings. The van der Waals surface area contributed by atoms with Crippen LogP contribution in [0.25, 0.3) is 0 Å². The normalized spacial score (nSPS) is 13.4. The summed E-state index contributed by atoms with van der Waals surface area (Å²) in [5.74, 6) is 0. The number of halogens is 3. The summed E-state index contributed by atoms with van der Waals surface area (Å²) in [5.41, 5.74) is 4.51. The van der Waals surface area contributed by atoms with E-state index in [1.54, 1.807) is 0 Å². The lowest BCUT2D eigenvalue weighted by Crippen LogP contribution is -2.29. The molecule has 8 heteroatoms. The lowest BCUT2D eigenvalue weighted by Gasteiger charge is -2.17. The van der Waals surface area contributed by atoms with Crippen LogP contribution in [0.1, 0.15) is 17.2 Å². The van der Waals surface area contributed by atoms with Crippen LogP contribution in [0.4, 0.5) is 13.2 Å². The molecule has 0 saturated carbocycles. The van der Waals surface area contributed by atoms with E-state index >= 15 is 0 Å². The van der Waals surface area contributed by atoms with Crippen LogP contribution < -0.4 is 11.4 Å². The van der Waals surface area contributed by atoms with Crippen molar-refractivity contribution in [1.29, 1.82) is 0 Å². The molecular formula is C12H13F3N4O. The second-order valence-corrected chi connectivity index (χ2v) is 4.40. The van der Waals surface area contributed by atoms with Gasteiger partial charge in [-0.2, -0.15) is 18.3 Å². The van der Waals surface area contributed by atoms with Crippen molar-refractivity contribution in [3.05, 3.63) is 52.2 Å². The molecule has 0 aliphatic rings. The third kappa shape index (κ3) is 2.74. The average Bonchev–Trinajstić information content (AvgIpc) is 2.70. The van der Waals surface area contributed by atoms with Crippen molar-refractivity contribution in [1.82, 2.24) is 14.3 Å². The van der Waals surface area contributed by atoms with Gasteiger partial charge >= 0.3 is 11.9 Å². The molecule has 2 rings (SSSR count). The van der Waals surface area contributed by atoms with Gasteiger partial charge in [-0.15, -0.1) is 0 Å². The average molecular weight is 286 g/mol. The highest BCUT2D eigenvalue weighted by atomic mass is 19.4. The van der Waals surface area contributed by atoms with Gasteiger partial charge in [0.15, 0.2) is 0 Å². The van der Waals surface area contributed by atoms with Crippen LogP contribution in [0.5, 0.6) is 0 Å². The van der Waals surface area contributed by atoms with Gasteiger partial charge in [-0.05, 0) is 11.6 Å². The number of nitrogens with two attached hydrogens (primary N) is 1. The number of alkyl halides is 3. The molecule has 1 aromatic carbocycles. The van der Waals surface area contributed by atoms with Crippen molar-refractivity contribution in [2.24, 2.45) is 12.8 Å². The van der Waals surface area contributed by atoms with E-state index in [0.717, 1.165) is 10.7 Å². The lowest BCUT2D eigenvalue weighted by atomic mass is 10.0. The molecular weight excluding hydrogens is 273 g/mol. The standard InChI is InChI=1S/C12H13F3N4O/c1-18-7-17-19(11(18)20)6-10(16)8-4-2-3-5-9(8)12(13,14)15/h2-5,7,10H,6,16H2,1H3. The molecule has 20 heavy (non-hydrogen) atoms. The quantitative estimate of drug-likeness (QED) is 0.925. The largest absolute Gasteiger partial charge is 0.416 e. The third-order valence-corrected chi connectivity index (χ3v) is 2.92. The molecule has 108 valence electrons. The Labute approximate surface area is 112 Å². The van der Waals surface area contributed by atoms with E-state index in [1.165, 1.54) is 36.1 Å². The van der Waals surface area contributed by atoms with Gasteiger partial charge in [-0.1, -0.05) is 18.2 Å². The number of aryl methyl sites for hydroxylation is 1. The summed E-state index contributed by atoms with van der Waals surface area (Å²) in [7, 11) is 1.50. The Morgan fingerprint density at radius 2 is 2.00 bits per heavy atom. The molecule has 2 N–H and O–H groups in total. The molecule has 1 unspecified atom stereocenters. The summed E-state index contributed by atoms with van der Waals surface area (Å²) in [5, 5.41) is 3.78. The van der Waals surface area contributed by atoms with Gasteiger partial charge in [0, 0.05) is 7.05 Å². The molecule has 1 aromatic heterocycles. The molecule has 0 aliphatic carbocycles. The van der Waals surface area contributed by atoms with Crippen molar-refractivity contribution in [2.45, 2.75) is 18.8 Å². The fraction of sp³-hybridized carbons (Fsp3) is 0.333. The SMILES string of the molecule is Cn1cnn(CC(N)c2ccccc2C(F)(F)F)c1=O. The summed E-state index contributed by atoms with van der Waals surface area (Å²) >= 11 is 0. The number of nitrogens with zero attached hydrogens (tertiary/aromatic N) is 3. The maximum atomic E-state index is 12.9. The van der Waals surface area contributed by atoms with Crippen LogP contribution in [0.2, 0.25) is 0 Å². The zero-order valence-corrected chi connectivity index (χ0v) is 10.6. The molecule has 1 heterocycles. The van der Waals surface area contributed by atoms with Gasteiger partial charge in [-0.3, -0.25) is 4.57 Å². The summed E-state index contributed by atoms with van der Waals surface area (Å²) in [6.45, 7) is -0.118. The van der Waals surface area contributed by atoms with Crippen molar-refractivity contribution in [3.63, 3.8) is 0 Å². The van der Waals surface area contributed by atoms with E-state index in [2.05, 4.69) is 5.10 Å². The molecule has 0 amide bonds. The number of hydrogen-bond acceptors (Lipinski definition) is 3. The zero-order valence-electron chi connectivity index (χ0n) is 10.6. The fourth-order valence-corrected chi connectivity index (χ4v) is 1.91. The predicted molar refractivity (Wildman–Crippen MR) is 65.8 cm³/mol. The first kappa shape index (κ1) is 14.3. The van der Waals surface area contributed by atoms with Gasteiger partial charge in [0.2, 0.25) is 0 Å². The van der Waals surface area contributed by atoms with Gasteiger partial charge in [-0.25, -0.2) is 9.48 Å². The van der Waals surface area contributed by atoms with E-state index in [0.29, 0.717) is 0 Å². The number of aromatic nitrogens is 3. The molecule has 0 radical (unpaired) electrons. The Morgan fingerprint density at radius 1 is 1.35 bits per heavy atom. The topological polar surface area (TPSA) is 65.8 Å². The number of hydrogen-bond donors (Lipinski definition) is 1. The second-order valence-electron chi connectivity index (χ2n) is 4.40. The monoisotopic (exact) mass is 286 g/mol. The van der Waals surface area contributed by atoms with E-state index in [4.69, 9.17) is 5.73 Å². The summed E-state index contributed by atoms with van der Waals surface area (Å²) in [6, 6.07) is 4.08. The number of benzene rings is 1. The van der Waals surface area contributed by atoms with E-state index in [1.807, 2.05) is 0 Å². The minimum Gasteiger partial charge on any atom is -0.322 e. The smallest absolute Gasteiger partial charge is 0.322 e. The molecule has 0 spiro atoms. The molecule has 0 aliphatic heterocycles. The van der Waals surface area contributed by atoms with Gasteiger partial charge in [0.1, 0.15) is 6.33 Å². The molecule has 0 bridgehead atoms. The van der Waals surface area contributed by atoms with Crippen LogP contribution in [-0.2, 0) is 19.8 Å². The summed E-state index contributed by atoms with van der Waals surface area (Å²) < 4.78 is 40.9. The lowest BCUT2D eigenvalue weighted by molar-refractivity contribution is -0.138. The highest BCUT2D eigenvalue weighted by Crippen LogP contribution is 2.34. The summed E-state index contributed by atoms with van der Waals surface area (Å²) in [4.78, 5) is 11.6. The van der Waals surface area contributed by atoms with Crippen LogP contribution in [0.15, 0.2) is 35.4 Å². The second kappa shape index (κ2) is 5.12. The van der Waals surface area contributed by atoms with Crippen LogP contribution in [-0.4, -0.2) is 14.3 Å². The van der Waals surface area contributed by atoms with Gasteiger partial charge < -0.3 is 5.73 Å². The van der Waals surface area contributed by atoms with Crippen molar-refractivity contribution >= 4 is 0 Å². The Bertz CT molecular complexity index is 659. The highest BCUT2D eigenvalue weighted by molar-refractivity contribution is 5.32. The maximum absolute atomic E-state index is 12.9. The summed E-state index contributed by atoms with van der Waals surface area (Å²) in [6.07, 6.45) is -3.20. The van der Waals surface area contributed by atoms with Gasteiger partial charge in [0.05, 0.1) is 18.2 Å². The molecule has 0 fully saturated rings. The van der Waals surface area contributed by atoms with Crippen LogP contribution in [0, 0.1) is 0 Å². The van der Waals surface area contributed by atoms with E-state index < -0.39 is 23.5 Å². The van der Waals surface area contributed by atoms with Gasteiger partial charge in [0.25, 0.3) is 0 Å². The zero-order chi connectivity index (χ0) is 14.9. The molecule has 1 atom stereocenters. The first-order chi connectivity index (χ1) is 9.30. The highest BCUT2D eigenvalue weighted by Gasteiger charge is 2.34.